The normalized spacial score (nSPS) is 22.2. The van der Waals surface area contributed by atoms with Crippen molar-refractivity contribution < 1.29 is 19.1 Å². The molecule has 7 heteroatoms. The molecule has 26 heavy (non-hydrogen) atoms. The first-order valence-electron chi connectivity index (χ1n) is 9.07. The summed E-state index contributed by atoms with van der Waals surface area (Å²) in [5.41, 5.74) is 0.845. The predicted molar refractivity (Wildman–Crippen MR) is 99.4 cm³/mol. The van der Waals surface area contributed by atoms with E-state index in [4.69, 9.17) is 9.47 Å². The van der Waals surface area contributed by atoms with Crippen LogP contribution in [0.3, 0.4) is 0 Å². The van der Waals surface area contributed by atoms with Crippen molar-refractivity contribution >= 4 is 11.8 Å². The summed E-state index contributed by atoms with van der Waals surface area (Å²) in [5.74, 6) is -0.481. The largest absolute Gasteiger partial charge is 0.501 e. The maximum absolute atomic E-state index is 11.9. The van der Waals surface area contributed by atoms with Crippen LogP contribution in [0.4, 0.5) is 0 Å². The molecule has 0 aromatic rings. The summed E-state index contributed by atoms with van der Waals surface area (Å²) < 4.78 is 10.6. The van der Waals surface area contributed by atoms with Crippen molar-refractivity contribution in [1.82, 2.24) is 16.0 Å². The molecule has 2 unspecified atom stereocenters. The van der Waals surface area contributed by atoms with E-state index in [0.717, 1.165) is 37.1 Å². The van der Waals surface area contributed by atoms with E-state index < -0.39 is 11.8 Å². The lowest BCUT2D eigenvalue weighted by molar-refractivity contribution is -0.139. The van der Waals surface area contributed by atoms with Gasteiger partial charge in [-0.05, 0) is 25.8 Å². The van der Waals surface area contributed by atoms with Gasteiger partial charge in [-0.1, -0.05) is 24.3 Å². The summed E-state index contributed by atoms with van der Waals surface area (Å²) in [5, 5.41) is 8.69. The van der Waals surface area contributed by atoms with Crippen LogP contribution in [0.15, 0.2) is 35.6 Å². The molecule has 3 N–H and O–H groups in total. The maximum Gasteiger partial charge on any atom is 0.309 e. The Morgan fingerprint density at radius 3 is 2.73 bits per heavy atom. The van der Waals surface area contributed by atoms with Crippen LogP contribution in [0.25, 0.3) is 0 Å². The van der Waals surface area contributed by atoms with Crippen LogP contribution >= 0.6 is 0 Å². The highest BCUT2D eigenvalue weighted by Crippen LogP contribution is 2.21. The van der Waals surface area contributed by atoms with E-state index in [2.05, 4.69) is 28.1 Å². The van der Waals surface area contributed by atoms with Gasteiger partial charge >= 0.3 is 11.8 Å². The molecule has 0 fully saturated rings. The van der Waals surface area contributed by atoms with Crippen LogP contribution in [0.5, 0.6) is 0 Å². The van der Waals surface area contributed by atoms with Gasteiger partial charge in [-0.3, -0.25) is 9.59 Å². The van der Waals surface area contributed by atoms with E-state index in [0.29, 0.717) is 19.0 Å². The van der Waals surface area contributed by atoms with Crippen molar-refractivity contribution in [3.05, 3.63) is 35.6 Å². The van der Waals surface area contributed by atoms with Crippen LogP contribution in [-0.4, -0.2) is 57.8 Å². The molecule has 2 amide bonds. The zero-order valence-electron chi connectivity index (χ0n) is 15.5. The van der Waals surface area contributed by atoms with Gasteiger partial charge < -0.3 is 25.4 Å². The minimum absolute atomic E-state index is 0.0267. The summed E-state index contributed by atoms with van der Waals surface area (Å²) in [6, 6.07) is 0.364. The smallest absolute Gasteiger partial charge is 0.309 e. The molecule has 2 aliphatic rings. The lowest BCUT2D eigenvalue weighted by atomic mass is 10.0. The Kier molecular flexibility index (Phi) is 8.37. The van der Waals surface area contributed by atoms with Gasteiger partial charge in [0.15, 0.2) is 0 Å². The van der Waals surface area contributed by atoms with E-state index in [9.17, 15) is 9.59 Å². The van der Waals surface area contributed by atoms with Gasteiger partial charge in [0, 0.05) is 38.2 Å². The standard InChI is InChI=1S/C19H29N3O4/c1-25-16-9-8-14(17(12-16)26-2)13-22-19(24)18(23)21-11-5-7-15-6-3-4-10-20-15/h3,6,8-9,15-16,20H,4-5,7,10-13H2,1-2H3,(H,21,23)(H,22,24). The Bertz CT molecular complexity index is 583. The summed E-state index contributed by atoms with van der Waals surface area (Å²) in [7, 11) is 3.23. The van der Waals surface area contributed by atoms with E-state index >= 15 is 0 Å². The molecular weight excluding hydrogens is 334 g/mol. The second-order valence-electron chi connectivity index (χ2n) is 6.35. The molecular formula is C19H29N3O4. The van der Waals surface area contributed by atoms with Gasteiger partial charge in [0.25, 0.3) is 0 Å². The Balaban J connectivity index is 1.67. The van der Waals surface area contributed by atoms with Gasteiger partial charge in [-0.2, -0.15) is 0 Å². The average molecular weight is 363 g/mol. The van der Waals surface area contributed by atoms with E-state index in [-0.39, 0.29) is 12.6 Å². The van der Waals surface area contributed by atoms with Gasteiger partial charge in [0.05, 0.1) is 13.2 Å². The van der Waals surface area contributed by atoms with Crippen LogP contribution in [0.1, 0.15) is 25.7 Å². The number of ether oxygens (including phenoxy) is 2. The van der Waals surface area contributed by atoms with Gasteiger partial charge in [0.1, 0.15) is 5.76 Å². The number of rotatable bonds is 8. The lowest BCUT2D eigenvalue weighted by Crippen LogP contribution is -2.41. The number of hydrogen-bond acceptors (Lipinski definition) is 5. The molecule has 0 spiro atoms. The molecule has 2 rings (SSSR count). The molecule has 0 bridgehead atoms. The van der Waals surface area contributed by atoms with E-state index in [1.54, 1.807) is 14.2 Å². The van der Waals surface area contributed by atoms with Crippen molar-refractivity contribution in [2.24, 2.45) is 0 Å². The van der Waals surface area contributed by atoms with Crippen molar-refractivity contribution in [3.63, 3.8) is 0 Å². The molecule has 0 aromatic carbocycles. The highest BCUT2D eigenvalue weighted by Gasteiger charge is 2.19. The van der Waals surface area contributed by atoms with E-state index in [1.165, 1.54) is 0 Å². The van der Waals surface area contributed by atoms with Crippen LogP contribution in [-0.2, 0) is 19.1 Å². The first kappa shape index (κ1) is 20.2. The van der Waals surface area contributed by atoms with Gasteiger partial charge in [-0.15, -0.1) is 0 Å². The molecule has 7 nitrogen and oxygen atoms in total. The molecule has 0 aromatic heterocycles. The molecule has 0 saturated carbocycles. The quantitative estimate of drug-likeness (QED) is 0.337. The second-order valence-corrected chi connectivity index (χ2v) is 6.35. The molecule has 1 aliphatic carbocycles. The number of amides is 2. The molecule has 1 aliphatic heterocycles. The SMILES string of the molecule is COC1=C(CNC(=O)C(=O)NCCCC2C=CCCN2)C=CC(OC)C1. The highest BCUT2D eigenvalue weighted by molar-refractivity contribution is 6.35. The Morgan fingerprint density at radius 2 is 2.04 bits per heavy atom. The molecule has 0 saturated heterocycles. The minimum atomic E-state index is -0.633. The first-order chi connectivity index (χ1) is 12.6. The molecule has 2 atom stereocenters. The summed E-state index contributed by atoms with van der Waals surface area (Å²) >= 11 is 0. The van der Waals surface area contributed by atoms with Gasteiger partial charge in [0.2, 0.25) is 0 Å². The Hall–Kier alpha value is -2.12. The van der Waals surface area contributed by atoms with Crippen molar-refractivity contribution in [3.8, 4) is 0 Å². The average Bonchev–Trinajstić information content (AvgIpc) is 2.69. The Morgan fingerprint density at radius 1 is 1.23 bits per heavy atom. The predicted octanol–water partition coefficient (Wildman–Crippen LogP) is 0.793. The third-order valence-electron chi connectivity index (χ3n) is 4.51. The zero-order chi connectivity index (χ0) is 18.8. The van der Waals surface area contributed by atoms with Crippen molar-refractivity contribution in [2.45, 2.75) is 37.8 Å². The highest BCUT2D eigenvalue weighted by atomic mass is 16.5. The number of hydrogen-bond donors (Lipinski definition) is 3. The maximum atomic E-state index is 11.9. The molecule has 0 radical (unpaired) electrons. The minimum Gasteiger partial charge on any atom is -0.501 e. The number of nitrogens with one attached hydrogen (secondary N) is 3. The Labute approximate surface area is 154 Å². The lowest BCUT2D eigenvalue weighted by Gasteiger charge is -2.20. The van der Waals surface area contributed by atoms with E-state index in [1.807, 2.05) is 12.2 Å². The van der Waals surface area contributed by atoms with Crippen molar-refractivity contribution in [2.75, 3.05) is 33.9 Å². The monoisotopic (exact) mass is 363 g/mol. The fraction of sp³-hybridized carbons (Fsp3) is 0.579. The zero-order valence-corrected chi connectivity index (χ0v) is 15.5. The fourth-order valence-corrected chi connectivity index (χ4v) is 2.97. The molecule has 1 heterocycles. The van der Waals surface area contributed by atoms with Gasteiger partial charge in [-0.25, -0.2) is 0 Å². The third kappa shape index (κ3) is 6.31. The second kappa shape index (κ2) is 10.8. The summed E-state index contributed by atoms with van der Waals surface area (Å²) in [4.78, 5) is 23.8. The first-order valence-corrected chi connectivity index (χ1v) is 9.07. The molecule has 144 valence electrons. The topological polar surface area (TPSA) is 88.7 Å². The fourth-order valence-electron chi connectivity index (χ4n) is 2.97. The third-order valence-corrected chi connectivity index (χ3v) is 4.51. The summed E-state index contributed by atoms with van der Waals surface area (Å²) in [6.07, 6.45) is 11.5. The summed E-state index contributed by atoms with van der Waals surface area (Å²) in [6.45, 7) is 1.73. The van der Waals surface area contributed by atoms with Crippen LogP contribution in [0, 0.1) is 0 Å². The van der Waals surface area contributed by atoms with Crippen LogP contribution < -0.4 is 16.0 Å². The number of carbonyl (C=O) groups excluding carboxylic acids is 2. The van der Waals surface area contributed by atoms with Crippen molar-refractivity contribution in [1.29, 1.82) is 0 Å². The number of carbonyl (C=O) groups is 2. The number of methoxy groups -OCH3 is 2. The van der Waals surface area contributed by atoms with Crippen LogP contribution in [0.2, 0.25) is 0 Å².